The zero-order valence-corrected chi connectivity index (χ0v) is 16.3. The normalized spacial score (nSPS) is 15.1. The molecule has 3 aromatic heterocycles. The van der Waals surface area contributed by atoms with E-state index in [4.69, 9.17) is 0 Å². The number of hydrogen-bond donors (Lipinski definition) is 2. The number of H-pyrrole nitrogens is 2. The van der Waals surface area contributed by atoms with Crippen LogP contribution in [0.2, 0.25) is 0 Å². The number of amides is 1. The van der Waals surface area contributed by atoms with Crippen molar-refractivity contribution in [2.75, 3.05) is 13.1 Å². The molecule has 1 amide bonds. The van der Waals surface area contributed by atoms with Crippen LogP contribution in [0.4, 0.5) is 0 Å². The Hall–Kier alpha value is -3.03. The Morgan fingerprint density at radius 1 is 1.21 bits per heavy atom. The molecule has 0 saturated carbocycles. The van der Waals surface area contributed by atoms with Gasteiger partial charge in [-0.05, 0) is 50.8 Å². The lowest BCUT2D eigenvalue weighted by atomic mass is 9.95. The van der Waals surface area contributed by atoms with E-state index in [-0.39, 0.29) is 5.91 Å². The number of pyridine rings is 1. The lowest BCUT2D eigenvalue weighted by Crippen LogP contribution is -2.38. The van der Waals surface area contributed by atoms with Crippen LogP contribution in [0.3, 0.4) is 0 Å². The zero-order chi connectivity index (χ0) is 19.5. The number of hydrogen-bond acceptors (Lipinski definition) is 5. The van der Waals surface area contributed by atoms with Gasteiger partial charge in [0.25, 0.3) is 0 Å². The largest absolute Gasteiger partial charge is 0.343 e. The standard InChI is InChI=1S/C20H25N7O/c1-13-17(14(2)24-23-13)5-6-18(28)27-10-7-15(8-11-27)19-22-20(26-25-19)16-4-3-9-21-12-16/h3-4,9,12,15H,5-8,10-11H2,1-2H3,(H,23,24)(H,22,25,26). The van der Waals surface area contributed by atoms with Crippen LogP contribution in [0, 0.1) is 13.8 Å². The summed E-state index contributed by atoms with van der Waals surface area (Å²) < 4.78 is 0. The minimum Gasteiger partial charge on any atom is -0.343 e. The number of nitrogens with zero attached hydrogens (tertiary/aromatic N) is 5. The molecule has 8 nitrogen and oxygen atoms in total. The molecule has 0 aromatic carbocycles. The van der Waals surface area contributed by atoms with Gasteiger partial charge in [-0.3, -0.25) is 20.0 Å². The Balaban J connectivity index is 1.31. The highest BCUT2D eigenvalue weighted by atomic mass is 16.2. The molecule has 0 bridgehead atoms. The number of carbonyl (C=O) groups excluding carboxylic acids is 1. The number of aromatic amines is 2. The van der Waals surface area contributed by atoms with E-state index in [0.717, 1.165) is 60.7 Å². The number of nitrogens with one attached hydrogen (secondary N) is 2. The highest BCUT2D eigenvalue weighted by Crippen LogP contribution is 2.27. The molecule has 3 aromatic rings. The Morgan fingerprint density at radius 3 is 2.71 bits per heavy atom. The van der Waals surface area contributed by atoms with E-state index in [2.05, 4.69) is 30.4 Å². The number of aromatic nitrogens is 6. The molecule has 0 spiro atoms. The Kier molecular flexibility index (Phi) is 5.18. The summed E-state index contributed by atoms with van der Waals surface area (Å²) in [6.45, 7) is 5.50. The van der Waals surface area contributed by atoms with Gasteiger partial charge in [0.1, 0.15) is 5.82 Å². The first-order chi connectivity index (χ1) is 13.6. The molecule has 0 atom stereocenters. The van der Waals surface area contributed by atoms with E-state index in [1.165, 1.54) is 0 Å². The van der Waals surface area contributed by atoms with Crippen molar-refractivity contribution in [1.29, 1.82) is 0 Å². The Labute approximate surface area is 163 Å². The van der Waals surface area contributed by atoms with Crippen LogP contribution in [0.5, 0.6) is 0 Å². The SMILES string of the molecule is Cc1n[nH]c(C)c1CCC(=O)N1CCC(c2nc(-c3cccnc3)n[nH]2)CC1. The smallest absolute Gasteiger partial charge is 0.222 e. The molecule has 1 aliphatic heterocycles. The molecule has 0 radical (unpaired) electrons. The van der Waals surface area contributed by atoms with Crippen LogP contribution in [0.25, 0.3) is 11.4 Å². The number of carbonyl (C=O) groups is 1. The first kappa shape index (κ1) is 18.3. The fourth-order valence-electron chi connectivity index (χ4n) is 3.82. The molecular formula is C20H25N7O. The third-order valence-electron chi connectivity index (χ3n) is 5.53. The second-order valence-electron chi connectivity index (χ2n) is 7.35. The minimum absolute atomic E-state index is 0.215. The van der Waals surface area contributed by atoms with Crippen LogP contribution >= 0.6 is 0 Å². The zero-order valence-electron chi connectivity index (χ0n) is 16.3. The van der Waals surface area contributed by atoms with E-state index in [1.807, 2.05) is 30.9 Å². The maximum atomic E-state index is 12.6. The van der Waals surface area contributed by atoms with Gasteiger partial charge in [0.05, 0.1) is 5.69 Å². The average Bonchev–Trinajstić information content (AvgIpc) is 3.34. The van der Waals surface area contributed by atoms with Crippen LogP contribution < -0.4 is 0 Å². The summed E-state index contributed by atoms with van der Waals surface area (Å²) >= 11 is 0. The van der Waals surface area contributed by atoms with Crippen molar-refractivity contribution in [1.82, 2.24) is 35.3 Å². The molecule has 0 unspecified atom stereocenters. The monoisotopic (exact) mass is 379 g/mol. The number of aryl methyl sites for hydroxylation is 2. The van der Waals surface area contributed by atoms with Gasteiger partial charge < -0.3 is 4.90 Å². The highest BCUT2D eigenvalue weighted by molar-refractivity contribution is 5.76. The van der Waals surface area contributed by atoms with Gasteiger partial charge in [-0.1, -0.05) is 0 Å². The molecule has 1 aliphatic rings. The van der Waals surface area contributed by atoms with E-state index in [1.54, 1.807) is 12.4 Å². The molecule has 4 heterocycles. The molecule has 4 rings (SSSR count). The second-order valence-corrected chi connectivity index (χ2v) is 7.35. The third kappa shape index (κ3) is 3.81. The lowest BCUT2D eigenvalue weighted by molar-refractivity contribution is -0.132. The Bertz CT molecular complexity index is 919. The van der Waals surface area contributed by atoms with Crippen molar-refractivity contribution in [2.45, 2.75) is 45.4 Å². The summed E-state index contributed by atoms with van der Waals surface area (Å²) in [7, 11) is 0. The summed E-state index contributed by atoms with van der Waals surface area (Å²) in [5.74, 6) is 2.09. The third-order valence-corrected chi connectivity index (χ3v) is 5.53. The molecule has 28 heavy (non-hydrogen) atoms. The molecule has 1 saturated heterocycles. The molecule has 1 fully saturated rings. The topological polar surface area (TPSA) is 103 Å². The summed E-state index contributed by atoms with van der Waals surface area (Å²) in [4.78, 5) is 23.3. The fourth-order valence-corrected chi connectivity index (χ4v) is 3.82. The molecule has 2 N–H and O–H groups in total. The van der Waals surface area contributed by atoms with Gasteiger partial charge in [-0.25, -0.2) is 4.98 Å². The highest BCUT2D eigenvalue weighted by Gasteiger charge is 2.26. The van der Waals surface area contributed by atoms with E-state index in [0.29, 0.717) is 18.2 Å². The fraction of sp³-hybridized carbons (Fsp3) is 0.450. The predicted octanol–water partition coefficient (Wildman–Crippen LogP) is 2.55. The van der Waals surface area contributed by atoms with Crippen LogP contribution in [-0.4, -0.2) is 54.3 Å². The summed E-state index contributed by atoms with van der Waals surface area (Å²) in [6.07, 6.45) is 6.56. The predicted molar refractivity (Wildman–Crippen MR) is 105 cm³/mol. The molecule has 0 aliphatic carbocycles. The van der Waals surface area contributed by atoms with Crippen LogP contribution in [0.15, 0.2) is 24.5 Å². The van der Waals surface area contributed by atoms with Gasteiger partial charge in [-0.2, -0.15) is 10.2 Å². The van der Waals surface area contributed by atoms with Gasteiger partial charge >= 0.3 is 0 Å². The van der Waals surface area contributed by atoms with Crippen LogP contribution in [0.1, 0.15) is 48.0 Å². The van der Waals surface area contributed by atoms with Crippen molar-refractivity contribution in [3.63, 3.8) is 0 Å². The summed E-state index contributed by atoms with van der Waals surface area (Å²) in [6, 6.07) is 3.83. The lowest BCUT2D eigenvalue weighted by Gasteiger charge is -2.31. The van der Waals surface area contributed by atoms with E-state index < -0.39 is 0 Å². The minimum atomic E-state index is 0.215. The Morgan fingerprint density at radius 2 is 2.04 bits per heavy atom. The average molecular weight is 379 g/mol. The quantitative estimate of drug-likeness (QED) is 0.709. The maximum Gasteiger partial charge on any atom is 0.222 e. The number of piperidine rings is 1. The molecular weight excluding hydrogens is 354 g/mol. The van der Waals surface area contributed by atoms with Gasteiger partial charge in [0.15, 0.2) is 5.82 Å². The molecule has 8 heteroatoms. The summed E-state index contributed by atoms with van der Waals surface area (Å²) in [5, 5.41) is 14.6. The van der Waals surface area contributed by atoms with Gasteiger partial charge in [-0.15, -0.1) is 0 Å². The van der Waals surface area contributed by atoms with Crippen molar-refractivity contribution < 1.29 is 4.79 Å². The number of likely N-dealkylation sites (tertiary alicyclic amines) is 1. The van der Waals surface area contributed by atoms with Gasteiger partial charge in [0.2, 0.25) is 5.91 Å². The van der Waals surface area contributed by atoms with Crippen molar-refractivity contribution in [2.24, 2.45) is 0 Å². The van der Waals surface area contributed by atoms with Gasteiger partial charge in [0, 0.05) is 49.1 Å². The van der Waals surface area contributed by atoms with E-state index >= 15 is 0 Å². The van der Waals surface area contributed by atoms with Crippen molar-refractivity contribution in [3.05, 3.63) is 47.3 Å². The van der Waals surface area contributed by atoms with E-state index in [9.17, 15) is 4.79 Å². The first-order valence-electron chi connectivity index (χ1n) is 9.72. The van der Waals surface area contributed by atoms with Crippen molar-refractivity contribution in [3.8, 4) is 11.4 Å². The maximum absolute atomic E-state index is 12.6. The second kappa shape index (κ2) is 7.92. The summed E-state index contributed by atoms with van der Waals surface area (Å²) in [5.41, 5.74) is 4.10. The molecule has 146 valence electrons. The first-order valence-corrected chi connectivity index (χ1v) is 9.72. The van der Waals surface area contributed by atoms with Crippen molar-refractivity contribution >= 4 is 5.91 Å². The van der Waals surface area contributed by atoms with Crippen LogP contribution in [-0.2, 0) is 11.2 Å². The number of rotatable bonds is 5.